The summed E-state index contributed by atoms with van der Waals surface area (Å²) in [6, 6.07) is 0.123. The Kier molecular flexibility index (Phi) is 5.14. The number of hydrogen-bond donors (Lipinski definition) is 1. The van der Waals surface area contributed by atoms with Crippen LogP contribution in [0.1, 0.15) is 52.9 Å². The summed E-state index contributed by atoms with van der Waals surface area (Å²) in [6.07, 6.45) is 4.07. The zero-order chi connectivity index (χ0) is 13.8. The van der Waals surface area contributed by atoms with Crippen molar-refractivity contribution in [2.45, 2.75) is 58.9 Å². The molecule has 0 bridgehead atoms. The molecule has 1 fully saturated rings. The van der Waals surface area contributed by atoms with E-state index in [2.05, 4.69) is 0 Å². The number of amides is 1. The molecule has 1 unspecified atom stereocenters. The van der Waals surface area contributed by atoms with Gasteiger partial charge in [0.1, 0.15) is 0 Å². The van der Waals surface area contributed by atoms with Crippen molar-refractivity contribution < 1.29 is 14.4 Å². The van der Waals surface area contributed by atoms with Crippen molar-refractivity contribution in [3.8, 4) is 0 Å². The van der Waals surface area contributed by atoms with E-state index in [0.29, 0.717) is 12.8 Å². The maximum atomic E-state index is 11.9. The van der Waals surface area contributed by atoms with Gasteiger partial charge in [0, 0.05) is 19.0 Å². The van der Waals surface area contributed by atoms with Gasteiger partial charge in [0.25, 0.3) is 0 Å². The van der Waals surface area contributed by atoms with E-state index < -0.39 is 5.41 Å². The minimum absolute atomic E-state index is 0.123. The number of piperidine rings is 1. The van der Waals surface area contributed by atoms with E-state index in [-0.39, 0.29) is 17.9 Å². The first kappa shape index (κ1) is 15.0. The van der Waals surface area contributed by atoms with Crippen molar-refractivity contribution in [1.82, 2.24) is 5.06 Å². The largest absolute Gasteiger partial charge is 0.370 e. The maximum Gasteiger partial charge on any atom is 0.330 e. The molecule has 1 saturated heterocycles. The van der Waals surface area contributed by atoms with Crippen LogP contribution in [-0.2, 0) is 14.4 Å². The van der Waals surface area contributed by atoms with Crippen LogP contribution < -0.4 is 5.73 Å². The van der Waals surface area contributed by atoms with E-state index >= 15 is 0 Å². The maximum absolute atomic E-state index is 11.9. The Balaban J connectivity index is 2.54. The SMILES string of the molecule is CC(C)(C)C(=O)ON1CCCCC1CCC(N)=O. The zero-order valence-electron chi connectivity index (χ0n) is 11.6. The number of rotatable bonds is 4. The molecule has 1 rings (SSSR count). The molecule has 5 nitrogen and oxygen atoms in total. The Morgan fingerprint density at radius 1 is 1.33 bits per heavy atom. The smallest absolute Gasteiger partial charge is 0.330 e. The van der Waals surface area contributed by atoms with Crippen molar-refractivity contribution in [1.29, 1.82) is 0 Å². The number of nitrogens with two attached hydrogens (primary N) is 1. The third kappa shape index (κ3) is 4.64. The highest BCUT2D eigenvalue weighted by Gasteiger charge is 2.30. The molecule has 104 valence electrons. The fourth-order valence-corrected chi connectivity index (χ4v) is 1.93. The molecule has 0 spiro atoms. The summed E-state index contributed by atoms with van der Waals surface area (Å²) >= 11 is 0. The average Bonchev–Trinajstić information content (AvgIpc) is 2.26. The van der Waals surface area contributed by atoms with Crippen LogP contribution in [0.3, 0.4) is 0 Å². The van der Waals surface area contributed by atoms with Crippen molar-refractivity contribution in [3.63, 3.8) is 0 Å². The van der Waals surface area contributed by atoms with Crippen LogP contribution in [0.5, 0.6) is 0 Å². The second-order valence-electron chi connectivity index (χ2n) is 5.92. The molecule has 0 aromatic rings. The highest BCUT2D eigenvalue weighted by molar-refractivity contribution is 5.75. The summed E-state index contributed by atoms with van der Waals surface area (Å²) in [5, 5.41) is 1.74. The topological polar surface area (TPSA) is 72.6 Å². The van der Waals surface area contributed by atoms with E-state index in [1.54, 1.807) is 5.06 Å². The molecule has 0 aromatic carbocycles. The number of primary amides is 1. The minimum atomic E-state index is -0.508. The quantitative estimate of drug-likeness (QED) is 0.829. The molecule has 1 atom stereocenters. The molecule has 18 heavy (non-hydrogen) atoms. The van der Waals surface area contributed by atoms with Gasteiger partial charge in [0.15, 0.2) is 0 Å². The first-order chi connectivity index (χ1) is 8.30. The molecular formula is C13H24N2O3. The Bertz CT molecular complexity index is 310. The average molecular weight is 256 g/mol. The Hall–Kier alpha value is -1.10. The Morgan fingerprint density at radius 3 is 2.56 bits per heavy atom. The highest BCUT2D eigenvalue weighted by atomic mass is 16.7. The van der Waals surface area contributed by atoms with E-state index in [1.807, 2.05) is 20.8 Å². The lowest BCUT2D eigenvalue weighted by atomic mass is 9.97. The molecule has 1 aliphatic heterocycles. The number of nitrogens with zero attached hydrogens (tertiary/aromatic N) is 1. The second-order valence-corrected chi connectivity index (χ2v) is 5.92. The molecule has 2 N–H and O–H groups in total. The highest BCUT2D eigenvalue weighted by Crippen LogP contribution is 2.24. The lowest BCUT2D eigenvalue weighted by Crippen LogP contribution is -2.43. The van der Waals surface area contributed by atoms with Gasteiger partial charge in [-0.3, -0.25) is 4.79 Å². The van der Waals surface area contributed by atoms with Gasteiger partial charge in [-0.15, -0.1) is 5.06 Å². The lowest BCUT2D eigenvalue weighted by Gasteiger charge is -2.35. The third-order valence-corrected chi connectivity index (χ3v) is 3.11. The fourth-order valence-electron chi connectivity index (χ4n) is 1.93. The van der Waals surface area contributed by atoms with Crippen LogP contribution in [0.2, 0.25) is 0 Å². The first-order valence-electron chi connectivity index (χ1n) is 6.58. The van der Waals surface area contributed by atoms with E-state index in [9.17, 15) is 9.59 Å². The van der Waals surface area contributed by atoms with Crippen LogP contribution in [0, 0.1) is 5.41 Å². The van der Waals surface area contributed by atoms with Gasteiger partial charge >= 0.3 is 5.97 Å². The minimum Gasteiger partial charge on any atom is -0.370 e. The summed E-state index contributed by atoms with van der Waals surface area (Å²) in [5.41, 5.74) is 4.65. The van der Waals surface area contributed by atoms with Crippen LogP contribution in [0.25, 0.3) is 0 Å². The van der Waals surface area contributed by atoms with E-state index in [1.165, 1.54) is 0 Å². The standard InChI is InChI=1S/C13H24N2O3/c1-13(2,3)12(17)18-15-9-5-4-6-10(15)7-8-11(14)16/h10H,4-9H2,1-3H3,(H2,14,16). The molecule has 0 saturated carbocycles. The molecule has 5 heteroatoms. The first-order valence-corrected chi connectivity index (χ1v) is 6.58. The normalized spacial score (nSPS) is 21.6. The van der Waals surface area contributed by atoms with Gasteiger partial charge in [-0.05, 0) is 40.0 Å². The summed E-state index contributed by atoms with van der Waals surface area (Å²) in [4.78, 5) is 28.1. The predicted octanol–water partition coefficient (Wildman–Crippen LogP) is 1.61. The Labute approximate surface area is 109 Å². The van der Waals surface area contributed by atoms with E-state index in [4.69, 9.17) is 10.6 Å². The second kappa shape index (κ2) is 6.18. The fraction of sp³-hybridized carbons (Fsp3) is 0.846. The van der Waals surface area contributed by atoms with Crippen molar-refractivity contribution in [2.75, 3.05) is 6.54 Å². The van der Waals surface area contributed by atoms with Crippen LogP contribution in [0.4, 0.5) is 0 Å². The van der Waals surface area contributed by atoms with Crippen LogP contribution in [0.15, 0.2) is 0 Å². The molecule has 0 radical (unpaired) electrons. The van der Waals surface area contributed by atoms with Crippen molar-refractivity contribution >= 4 is 11.9 Å². The Morgan fingerprint density at radius 2 is 2.00 bits per heavy atom. The predicted molar refractivity (Wildman–Crippen MR) is 68.3 cm³/mol. The van der Waals surface area contributed by atoms with Gasteiger partial charge in [-0.1, -0.05) is 6.42 Å². The van der Waals surface area contributed by atoms with E-state index in [0.717, 1.165) is 25.8 Å². The molecule has 0 aromatic heterocycles. The van der Waals surface area contributed by atoms with Gasteiger partial charge in [-0.25, -0.2) is 4.79 Å². The van der Waals surface area contributed by atoms with Gasteiger partial charge in [0.2, 0.25) is 5.91 Å². The lowest BCUT2D eigenvalue weighted by molar-refractivity contribution is -0.217. The zero-order valence-corrected chi connectivity index (χ0v) is 11.6. The summed E-state index contributed by atoms with van der Waals surface area (Å²) in [6.45, 7) is 6.23. The summed E-state index contributed by atoms with van der Waals surface area (Å²) in [5.74, 6) is -0.531. The van der Waals surface area contributed by atoms with Crippen molar-refractivity contribution in [3.05, 3.63) is 0 Å². The van der Waals surface area contributed by atoms with Gasteiger partial charge < -0.3 is 10.6 Å². The number of carbonyl (C=O) groups excluding carboxylic acids is 2. The van der Waals surface area contributed by atoms with Gasteiger partial charge in [0.05, 0.1) is 5.41 Å². The molecule has 1 aliphatic rings. The van der Waals surface area contributed by atoms with Crippen molar-refractivity contribution in [2.24, 2.45) is 11.1 Å². The van der Waals surface area contributed by atoms with Crippen LogP contribution >= 0.6 is 0 Å². The summed E-state index contributed by atoms with van der Waals surface area (Å²) < 4.78 is 0. The molecular weight excluding hydrogens is 232 g/mol. The third-order valence-electron chi connectivity index (χ3n) is 3.11. The summed E-state index contributed by atoms with van der Waals surface area (Å²) in [7, 11) is 0. The number of hydroxylamine groups is 2. The van der Waals surface area contributed by atoms with Gasteiger partial charge in [-0.2, -0.15) is 0 Å². The molecule has 1 amide bonds. The number of carbonyl (C=O) groups is 2. The molecule has 0 aliphatic carbocycles. The van der Waals surface area contributed by atoms with Crippen LogP contribution in [-0.4, -0.2) is 29.5 Å². The molecule has 1 heterocycles. The number of hydrogen-bond acceptors (Lipinski definition) is 4. The monoisotopic (exact) mass is 256 g/mol.